The van der Waals surface area contributed by atoms with Crippen molar-refractivity contribution < 1.29 is 14.0 Å². The van der Waals surface area contributed by atoms with E-state index < -0.39 is 0 Å². The number of H-pyrrole nitrogens is 1. The molecule has 1 aromatic heterocycles. The van der Waals surface area contributed by atoms with Crippen LogP contribution < -0.4 is 5.32 Å². The summed E-state index contributed by atoms with van der Waals surface area (Å²) >= 11 is 4.72. The Labute approximate surface area is 95.8 Å². The number of amides is 3. The topological polar surface area (TPSA) is 91.2 Å². The van der Waals surface area contributed by atoms with Gasteiger partial charge in [0, 0.05) is 25.9 Å². The van der Waals surface area contributed by atoms with Crippen LogP contribution in [0.1, 0.15) is 12.3 Å². The van der Waals surface area contributed by atoms with Crippen molar-refractivity contribution in [1.29, 1.82) is 0 Å². The molecule has 1 aliphatic rings. The summed E-state index contributed by atoms with van der Waals surface area (Å²) in [4.78, 5) is 24.0. The minimum absolute atomic E-state index is 0.216. The zero-order valence-electron chi connectivity index (χ0n) is 8.36. The minimum Gasteiger partial charge on any atom is -0.414 e. The van der Waals surface area contributed by atoms with Crippen LogP contribution in [0.3, 0.4) is 0 Å². The normalized spacial score (nSPS) is 16.4. The molecule has 0 unspecified atom stereocenters. The van der Waals surface area contributed by atoms with E-state index in [1.807, 2.05) is 0 Å². The smallest absolute Gasteiger partial charge is 0.324 e. The van der Waals surface area contributed by atoms with Gasteiger partial charge in [0.15, 0.2) is 0 Å². The van der Waals surface area contributed by atoms with Crippen molar-refractivity contribution >= 4 is 24.2 Å². The highest BCUT2D eigenvalue weighted by molar-refractivity contribution is 7.71. The number of urea groups is 1. The molecule has 2 rings (SSSR count). The maximum Gasteiger partial charge on any atom is 0.324 e. The molecule has 1 saturated heterocycles. The molecule has 0 aliphatic carbocycles. The van der Waals surface area contributed by atoms with Crippen molar-refractivity contribution in [2.24, 2.45) is 0 Å². The van der Waals surface area contributed by atoms with E-state index in [1.54, 1.807) is 0 Å². The Morgan fingerprint density at radius 3 is 2.94 bits per heavy atom. The first-order chi connectivity index (χ1) is 7.65. The molecule has 2 N–H and O–H groups in total. The van der Waals surface area contributed by atoms with Crippen molar-refractivity contribution in [2.75, 3.05) is 13.1 Å². The van der Waals surface area contributed by atoms with Crippen LogP contribution in [0.2, 0.25) is 0 Å². The van der Waals surface area contributed by atoms with E-state index in [-0.39, 0.29) is 16.8 Å². The molecule has 0 aromatic carbocycles. The Bertz CT molecular complexity index is 466. The summed E-state index contributed by atoms with van der Waals surface area (Å²) in [5, 5.41) is 8.56. The Morgan fingerprint density at radius 2 is 2.31 bits per heavy atom. The molecule has 3 amide bonds. The molecule has 16 heavy (non-hydrogen) atoms. The van der Waals surface area contributed by atoms with Gasteiger partial charge in [0.2, 0.25) is 11.8 Å². The van der Waals surface area contributed by atoms with Gasteiger partial charge in [-0.25, -0.2) is 9.89 Å². The predicted octanol–water partition coefficient (Wildman–Crippen LogP) is 0.217. The number of hydrogen-bond donors (Lipinski definition) is 2. The van der Waals surface area contributed by atoms with Crippen LogP contribution in [0, 0.1) is 4.84 Å². The summed E-state index contributed by atoms with van der Waals surface area (Å²) in [5.74, 6) is 0.216. The maximum absolute atomic E-state index is 11.3. The molecule has 0 atom stereocenters. The van der Waals surface area contributed by atoms with Gasteiger partial charge < -0.3 is 9.32 Å². The van der Waals surface area contributed by atoms with Gasteiger partial charge in [-0.3, -0.25) is 10.1 Å². The van der Waals surface area contributed by atoms with E-state index >= 15 is 0 Å². The quantitative estimate of drug-likeness (QED) is 0.740. The minimum atomic E-state index is -0.370. The predicted molar refractivity (Wildman–Crippen MR) is 55.1 cm³/mol. The molecule has 0 spiro atoms. The Hall–Kier alpha value is -1.70. The Morgan fingerprint density at radius 1 is 1.50 bits per heavy atom. The van der Waals surface area contributed by atoms with Crippen molar-refractivity contribution in [3.8, 4) is 0 Å². The van der Waals surface area contributed by atoms with Crippen molar-refractivity contribution in [1.82, 2.24) is 20.4 Å². The van der Waals surface area contributed by atoms with Crippen LogP contribution in [0.4, 0.5) is 4.79 Å². The molecule has 1 aromatic rings. The van der Waals surface area contributed by atoms with Crippen LogP contribution in [-0.4, -0.2) is 40.1 Å². The summed E-state index contributed by atoms with van der Waals surface area (Å²) in [6.45, 7) is 0.873. The van der Waals surface area contributed by atoms with Crippen molar-refractivity contribution in [2.45, 2.75) is 12.8 Å². The van der Waals surface area contributed by atoms with E-state index in [9.17, 15) is 9.59 Å². The maximum atomic E-state index is 11.3. The van der Waals surface area contributed by atoms with Gasteiger partial charge in [-0.1, -0.05) is 0 Å². The van der Waals surface area contributed by atoms with Gasteiger partial charge in [-0.05, 0) is 12.2 Å². The van der Waals surface area contributed by atoms with Crippen molar-refractivity contribution in [3.05, 3.63) is 10.7 Å². The molecule has 86 valence electrons. The van der Waals surface area contributed by atoms with Gasteiger partial charge in [0.05, 0.1) is 0 Å². The largest absolute Gasteiger partial charge is 0.414 e. The number of aromatic amines is 1. The van der Waals surface area contributed by atoms with E-state index in [0.29, 0.717) is 31.8 Å². The second kappa shape index (κ2) is 4.44. The first-order valence-electron chi connectivity index (χ1n) is 4.78. The molecule has 7 nitrogen and oxygen atoms in total. The lowest BCUT2D eigenvalue weighted by Crippen LogP contribution is -2.49. The fraction of sp³-hybridized carbons (Fsp3) is 0.500. The van der Waals surface area contributed by atoms with Gasteiger partial charge in [0.1, 0.15) is 0 Å². The summed E-state index contributed by atoms with van der Waals surface area (Å²) in [5.41, 5.74) is 0. The highest BCUT2D eigenvalue weighted by Crippen LogP contribution is 2.03. The van der Waals surface area contributed by atoms with Gasteiger partial charge >= 0.3 is 6.03 Å². The molecule has 1 fully saturated rings. The van der Waals surface area contributed by atoms with Crippen molar-refractivity contribution in [3.63, 3.8) is 0 Å². The summed E-state index contributed by atoms with van der Waals surface area (Å²) in [6, 6.07) is -0.370. The highest BCUT2D eigenvalue weighted by atomic mass is 32.1. The number of carbonyl (C=O) groups excluding carboxylic acids is 2. The highest BCUT2D eigenvalue weighted by Gasteiger charge is 2.22. The van der Waals surface area contributed by atoms with E-state index in [2.05, 4.69) is 15.5 Å². The lowest BCUT2D eigenvalue weighted by Gasteiger charge is -2.25. The molecule has 1 aliphatic heterocycles. The van der Waals surface area contributed by atoms with Gasteiger partial charge in [-0.2, -0.15) is 0 Å². The average Bonchev–Trinajstić information content (AvgIpc) is 2.63. The lowest BCUT2D eigenvalue weighted by atomic mass is 10.3. The first kappa shape index (κ1) is 10.8. The summed E-state index contributed by atoms with van der Waals surface area (Å²) in [7, 11) is 0. The third-order valence-corrected chi connectivity index (χ3v) is 2.39. The Kier molecular flexibility index (Phi) is 3.00. The number of imide groups is 1. The second-order valence-electron chi connectivity index (χ2n) is 3.35. The fourth-order valence-corrected chi connectivity index (χ4v) is 1.55. The average molecular weight is 242 g/mol. The molecule has 0 saturated carbocycles. The number of rotatable bonds is 3. The molecule has 2 heterocycles. The number of nitrogens with zero attached hydrogens (tertiary/aromatic N) is 2. The van der Waals surface area contributed by atoms with Gasteiger partial charge in [-0.15, -0.1) is 5.10 Å². The third-order valence-electron chi connectivity index (χ3n) is 2.22. The zero-order valence-corrected chi connectivity index (χ0v) is 9.17. The van der Waals surface area contributed by atoms with Crippen LogP contribution in [0.5, 0.6) is 0 Å². The van der Waals surface area contributed by atoms with Crippen LogP contribution in [0.15, 0.2) is 4.42 Å². The number of aromatic nitrogens is 2. The fourth-order valence-electron chi connectivity index (χ4n) is 1.41. The van der Waals surface area contributed by atoms with E-state index in [1.165, 1.54) is 4.90 Å². The molecule has 8 heteroatoms. The third kappa shape index (κ3) is 2.45. The molecule has 0 bridgehead atoms. The molecular weight excluding hydrogens is 232 g/mol. The monoisotopic (exact) mass is 242 g/mol. The first-order valence-corrected chi connectivity index (χ1v) is 5.19. The molecule has 0 radical (unpaired) electrons. The number of hydrogen-bond acceptors (Lipinski definition) is 5. The second-order valence-corrected chi connectivity index (χ2v) is 3.72. The van der Waals surface area contributed by atoms with Crippen LogP contribution in [0.25, 0.3) is 0 Å². The van der Waals surface area contributed by atoms with Crippen LogP contribution >= 0.6 is 12.2 Å². The molecular formula is C8H10N4O3S. The lowest BCUT2D eigenvalue weighted by molar-refractivity contribution is -0.121. The number of nitrogens with one attached hydrogen (secondary N) is 2. The van der Waals surface area contributed by atoms with Crippen LogP contribution in [-0.2, 0) is 11.2 Å². The number of carbonyl (C=O) groups is 2. The summed E-state index contributed by atoms with van der Waals surface area (Å²) < 4.78 is 5.05. The Balaban J connectivity index is 1.88. The van der Waals surface area contributed by atoms with E-state index in [4.69, 9.17) is 16.6 Å². The van der Waals surface area contributed by atoms with E-state index in [0.717, 1.165) is 0 Å². The zero-order chi connectivity index (χ0) is 11.5. The summed E-state index contributed by atoms with van der Waals surface area (Å²) in [6.07, 6.45) is 0.796. The SMILES string of the molecule is O=C1CCN(CCc2n[nH]c(=S)o2)C(=O)N1. The standard InChI is InChI=1S/C8H10N4O3S/c13-5-1-3-12(7(14)9-5)4-2-6-10-11-8(16)15-6/h1-4H2,(H,11,16)(H,9,13,14). The van der Waals surface area contributed by atoms with Gasteiger partial charge in [0.25, 0.3) is 4.84 Å².